The van der Waals surface area contributed by atoms with E-state index in [2.05, 4.69) is 4.98 Å². The molecule has 0 unspecified atom stereocenters. The van der Waals surface area contributed by atoms with Crippen molar-refractivity contribution in [1.29, 1.82) is 0 Å². The third-order valence-electron chi connectivity index (χ3n) is 4.49. The van der Waals surface area contributed by atoms with Crippen LogP contribution >= 0.6 is 0 Å². The van der Waals surface area contributed by atoms with Crippen LogP contribution in [0.1, 0.15) is 21.8 Å². The zero-order chi connectivity index (χ0) is 18.0. The topological polar surface area (TPSA) is 99.7 Å². The van der Waals surface area contributed by atoms with Gasteiger partial charge in [0.2, 0.25) is 5.56 Å². The lowest BCUT2D eigenvalue weighted by atomic mass is 9.88. The molecule has 0 aliphatic carbocycles. The van der Waals surface area contributed by atoms with Crippen molar-refractivity contribution in [1.82, 2.24) is 9.88 Å². The number of carbonyl (C=O) groups is 2. The summed E-state index contributed by atoms with van der Waals surface area (Å²) in [6.07, 6.45) is 1.34. The van der Waals surface area contributed by atoms with Crippen LogP contribution < -0.4 is 10.3 Å². The minimum Gasteiger partial charge on any atom is -0.496 e. The molecule has 0 spiro atoms. The van der Waals surface area contributed by atoms with Gasteiger partial charge in [0.1, 0.15) is 5.75 Å². The average molecular weight is 342 g/mol. The van der Waals surface area contributed by atoms with Crippen LogP contribution in [-0.2, 0) is 4.79 Å². The highest BCUT2D eigenvalue weighted by molar-refractivity contribution is 5.94. The zero-order valence-corrected chi connectivity index (χ0v) is 13.6. The maximum Gasteiger partial charge on any atom is 0.308 e. The molecule has 1 aromatic carbocycles. The van der Waals surface area contributed by atoms with E-state index in [0.717, 1.165) is 5.56 Å². The fourth-order valence-corrected chi connectivity index (χ4v) is 3.23. The van der Waals surface area contributed by atoms with Gasteiger partial charge in [0.05, 0.1) is 18.6 Å². The molecule has 2 heterocycles. The van der Waals surface area contributed by atoms with Crippen molar-refractivity contribution in [2.45, 2.75) is 5.92 Å². The van der Waals surface area contributed by atoms with Gasteiger partial charge in [-0.1, -0.05) is 18.2 Å². The Kier molecular flexibility index (Phi) is 4.56. The Labute approximate surface area is 143 Å². The number of pyridine rings is 1. The molecular formula is C18H18N2O5. The molecule has 1 amide bonds. The third-order valence-corrected chi connectivity index (χ3v) is 4.49. The van der Waals surface area contributed by atoms with E-state index < -0.39 is 11.9 Å². The van der Waals surface area contributed by atoms with Gasteiger partial charge in [-0.3, -0.25) is 14.4 Å². The van der Waals surface area contributed by atoms with E-state index in [0.29, 0.717) is 11.3 Å². The van der Waals surface area contributed by atoms with Crippen molar-refractivity contribution >= 4 is 11.9 Å². The summed E-state index contributed by atoms with van der Waals surface area (Å²) in [5.41, 5.74) is 0.798. The van der Waals surface area contributed by atoms with Crippen molar-refractivity contribution < 1.29 is 19.4 Å². The number of nitrogens with zero attached hydrogens (tertiary/aromatic N) is 1. The summed E-state index contributed by atoms with van der Waals surface area (Å²) >= 11 is 0. The van der Waals surface area contributed by atoms with Gasteiger partial charge in [0, 0.05) is 31.3 Å². The second-order valence-electron chi connectivity index (χ2n) is 5.94. The monoisotopic (exact) mass is 342 g/mol. The van der Waals surface area contributed by atoms with Gasteiger partial charge in [0.25, 0.3) is 5.91 Å². The summed E-state index contributed by atoms with van der Waals surface area (Å²) in [6, 6.07) is 9.95. The first-order valence-electron chi connectivity index (χ1n) is 7.85. The molecule has 25 heavy (non-hydrogen) atoms. The molecule has 2 N–H and O–H groups in total. The summed E-state index contributed by atoms with van der Waals surface area (Å²) in [6.45, 7) is 0.380. The molecule has 130 valence electrons. The summed E-state index contributed by atoms with van der Waals surface area (Å²) in [5.74, 6) is -1.73. The van der Waals surface area contributed by atoms with E-state index in [1.165, 1.54) is 30.3 Å². The number of benzene rings is 1. The van der Waals surface area contributed by atoms with Crippen LogP contribution in [0.5, 0.6) is 5.75 Å². The van der Waals surface area contributed by atoms with Gasteiger partial charge in [-0.2, -0.15) is 0 Å². The van der Waals surface area contributed by atoms with E-state index in [4.69, 9.17) is 4.74 Å². The predicted octanol–water partition coefficient (Wildman–Crippen LogP) is 1.32. The van der Waals surface area contributed by atoms with E-state index >= 15 is 0 Å². The second kappa shape index (κ2) is 6.80. The lowest BCUT2D eigenvalue weighted by Gasteiger charge is -2.18. The number of H-pyrrole nitrogens is 1. The number of hydrogen-bond acceptors (Lipinski definition) is 4. The number of ether oxygens (including phenoxy) is 1. The Morgan fingerprint density at radius 3 is 2.60 bits per heavy atom. The lowest BCUT2D eigenvalue weighted by Crippen LogP contribution is -2.30. The number of aromatic amines is 1. The Hall–Kier alpha value is -3.09. The van der Waals surface area contributed by atoms with Gasteiger partial charge in [-0.15, -0.1) is 0 Å². The number of rotatable bonds is 4. The summed E-state index contributed by atoms with van der Waals surface area (Å²) in [7, 11) is 1.53. The molecule has 1 aliphatic heterocycles. The van der Waals surface area contributed by atoms with Crippen molar-refractivity contribution in [2.24, 2.45) is 5.92 Å². The predicted molar refractivity (Wildman–Crippen MR) is 89.8 cm³/mol. The number of amides is 1. The van der Waals surface area contributed by atoms with Crippen molar-refractivity contribution in [2.75, 3.05) is 20.2 Å². The molecular weight excluding hydrogens is 324 g/mol. The third kappa shape index (κ3) is 3.26. The summed E-state index contributed by atoms with van der Waals surface area (Å²) < 4.78 is 5.34. The molecule has 1 aromatic heterocycles. The second-order valence-corrected chi connectivity index (χ2v) is 5.94. The van der Waals surface area contributed by atoms with Gasteiger partial charge >= 0.3 is 5.97 Å². The summed E-state index contributed by atoms with van der Waals surface area (Å²) in [4.78, 5) is 39.5. The largest absolute Gasteiger partial charge is 0.496 e. The van der Waals surface area contributed by atoms with Crippen molar-refractivity contribution in [3.63, 3.8) is 0 Å². The van der Waals surface area contributed by atoms with Crippen LogP contribution in [0.25, 0.3) is 0 Å². The Balaban J connectivity index is 1.90. The molecule has 0 saturated carbocycles. The number of carboxylic acid groups (broad SMARTS) is 1. The van der Waals surface area contributed by atoms with Crippen LogP contribution in [0.15, 0.2) is 47.4 Å². The molecule has 2 atom stereocenters. The van der Waals surface area contributed by atoms with Crippen LogP contribution in [0, 0.1) is 5.92 Å². The first kappa shape index (κ1) is 16.8. The average Bonchev–Trinajstić information content (AvgIpc) is 3.07. The van der Waals surface area contributed by atoms with E-state index in [-0.39, 0.29) is 30.5 Å². The number of aromatic nitrogens is 1. The molecule has 1 aliphatic rings. The fraction of sp³-hybridized carbons (Fsp3) is 0.278. The highest BCUT2D eigenvalue weighted by Crippen LogP contribution is 2.38. The fourth-order valence-electron chi connectivity index (χ4n) is 3.23. The van der Waals surface area contributed by atoms with Crippen LogP contribution in [0.2, 0.25) is 0 Å². The first-order chi connectivity index (χ1) is 12.0. The molecule has 2 aromatic rings. The SMILES string of the molecule is COc1ccccc1[C@@H]1CN(C(=O)c2ccc(=O)[nH]c2)C[C@H]1C(=O)O. The molecule has 7 nitrogen and oxygen atoms in total. The zero-order valence-electron chi connectivity index (χ0n) is 13.6. The molecule has 3 rings (SSSR count). The van der Waals surface area contributed by atoms with E-state index in [1.807, 2.05) is 18.2 Å². The smallest absolute Gasteiger partial charge is 0.308 e. The normalized spacial score (nSPS) is 19.6. The van der Waals surface area contributed by atoms with Crippen LogP contribution in [-0.4, -0.2) is 47.1 Å². The van der Waals surface area contributed by atoms with E-state index in [9.17, 15) is 19.5 Å². The summed E-state index contributed by atoms with van der Waals surface area (Å²) in [5, 5.41) is 9.59. The van der Waals surface area contributed by atoms with Crippen molar-refractivity contribution in [3.05, 3.63) is 64.1 Å². The quantitative estimate of drug-likeness (QED) is 0.873. The minimum absolute atomic E-state index is 0.107. The molecule has 1 saturated heterocycles. The molecule has 0 bridgehead atoms. The highest BCUT2D eigenvalue weighted by atomic mass is 16.5. The minimum atomic E-state index is -0.951. The maximum absolute atomic E-state index is 12.6. The van der Waals surface area contributed by atoms with Gasteiger partial charge in [-0.05, 0) is 17.7 Å². The Morgan fingerprint density at radius 1 is 1.20 bits per heavy atom. The number of para-hydroxylation sites is 1. The number of carbonyl (C=O) groups excluding carboxylic acids is 1. The number of aliphatic carboxylic acids is 1. The maximum atomic E-state index is 12.6. The van der Waals surface area contributed by atoms with Crippen LogP contribution in [0.4, 0.5) is 0 Å². The van der Waals surface area contributed by atoms with Gasteiger partial charge < -0.3 is 19.7 Å². The Bertz CT molecular complexity index is 840. The Morgan fingerprint density at radius 2 is 1.96 bits per heavy atom. The van der Waals surface area contributed by atoms with Crippen molar-refractivity contribution in [3.8, 4) is 5.75 Å². The molecule has 1 fully saturated rings. The highest BCUT2D eigenvalue weighted by Gasteiger charge is 2.41. The number of nitrogens with one attached hydrogen (secondary N) is 1. The number of methoxy groups -OCH3 is 1. The standard InChI is InChI=1S/C18H18N2O5/c1-25-15-5-3-2-4-12(15)13-9-20(10-14(13)18(23)24)17(22)11-6-7-16(21)19-8-11/h2-8,13-14H,9-10H2,1H3,(H,19,21)(H,23,24)/t13-,14+/m0/s1. The number of likely N-dealkylation sites (tertiary alicyclic amines) is 1. The first-order valence-corrected chi connectivity index (χ1v) is 7.85. The van der Waals surface area contributed by atoms with Crippen LogP contribution in [0.3, 0.4) is 0 Å². The molecule has 7 heteroatoms. The lowest BCUT2D eigenvalue weighted by molar-refractivity contribution is -0.141. The number of hydrogen-bond donors (Lipinski definition) is 2. The molecule has 0 radical (unpaired) electrons. The number of carboxylic acids is 1. The van der Waals surface area contributed by atoms with E-state index in [1.54, 1.807) is 6.07 Å². The van der Waals surface area contributed by atoms with Gasteiger partial charge in [-0.25, -0.2) is 0 Å². The van der Waals surface area contributed by atoms with Gasteiger partial charge in [0.15, 0.2) is 0 Å².